The van der Waals surface area contributed by atoms with E-state index in [1.54, 1.807) is 0 Å². The second-order valence-corrected chi connectivity index (χ2v) is 5.10. The molecule has 4 heteroatoms. The van der Waals surface area contributed by atoms with Crippen LogP contribution in [0.2, 0.25) is 0 Å². The molecule has 0 saturated heterocycles. The molecule has 0 aliphatic heterocycles. The molecule has 0 aromatic heterocycles. The normalized spacial score (nSPS) is 16.7. The molecule has 1 rings (SSSR count). The van der Waals surface area contributed by atoms with E-state index in [1.807, 2.05) is 32.8 Å². The Hall–Kier alpha value is -1.00. The van der Waals surface area contributed by atoms with Crippen molar-refractivity contribution in [2.45, 2.75) is 38.3 Å². The number of aliphatic hydroxyl groups excluding tert-OH is 1. The molecule has 2 atom stereocenters. The fourth-order valence-corrected chi connectivity index (χ4v) is 2.02. The van der Waals surface area contributed by atoms with Crippen LogP contribution >= 0.6 is 0 Å². The van der Waals surface area contributed by atoms with Crippen LogP contribution in [0.5, 0.6) is 0 Å². The fraction of sp³-hybridized carbons (Fsp3) is 0.571. The average Bonchev–Trinajstić information content (AvgIpc) is 2.25. The van der Waals surface area contributed by atoms with Gasteiger partial charge in [-0.25, -0.2) is 8.78 Å². The number of hydrogen-bond donors (Lipinski definition) is 1. The number of halogens is 2. The van der Waals surface area contributed by atoms with Crippen LogP contribution in [0.25, 0.3) is 0 Å². The van der Waals surface area contributed by atoms with E-state index in [-0.39, 0.29) is 6.42 Å². The molecule has 1 aromatic carbocycles. The van der Waals surface area contributed by atoms with Gasteiger partial charge < -0.3 is 10.0 Å². The third-order valence-electron chi connectivity index (χ3n) is 3.81. The van der Waals surface area contributed by atoms with Crippen molar-refractivity contribution in [1.29, 1.82) is 0 Å². The summed E-state index contributed by atoms with van der Waals surface area (Å²) in [6, 6.07) is 3.36. The van der Waals surface area contributed by atoms with E-state index in [1.165, 1.54) is 12.1 Å². The highest BCUT2D eigenvalue weighted by atomic mass is 19.1. The molecule has 0 heterocycles. The van der Waals surface area contributed by atoms with E-state index in [0.717, 1.165) is 12.5 Å². The second kappa shape index (κ2) is 5.76. The van der Waals surface area contributed by atoms with Crippen molar-refractivity contribution < 1.29 is 13.9 Å². The van der Waals surface area contributed by atoms with E-state index in [9.17, 15) is 13.9 Å². The van der Waals surface area contributed by atoms with Crippen LogP contribution in [0, 0.1) is 11.6 Å². The smallest absolute Gasteiger partial charge is 0.126 e. The van der Waals surface area contributed by atoms with Gasteiger partial charge in [0, 0.05) is 18.0 Å². The van der Waals surface area contributed by atoms with Gasteiger partial charge in [0.15, 0.2) is 0 Å². The highest BCUT2D eigenvalue weighted by molar-refractivity contribution is 5.19. The summed E-state index contributed by atoms with van der Waals surface area (Å²) in [6.45, 7) is 3.92. The summed E-state index contributed by atoms with van der Waals surface area (Å²) in [5, 5.41) is 10.3. The summed E-state index contributed by atoms with van der Waals surface area (Å²) >= 11 is 0. The lowest BCUT2D eigenvalue weighted by Gasteiger charge is -2.40. The first-order valence-electron chi connectivity index (χ1n) is 6.10. The van der Waals surface area contributed by atoms with Crippen LogP contribution in [0.4, 0.5) is 8.78 Å². The van der Waals surface area contributed by atoms with Crippen LogP contribution in [0.3, 0.4) is 0 Å². The quantitative estimate of drug-likeness (QED) is 0.876. The van der Waals surface area contributed by atoms with Gasteiger partial charge in [-0.3, -0.25) is 0 Å². The zero-order valence-electron chi connectivity index (χ0n) is 11.4. The topological polar surface area (TPSA) is 23.5 Å². The summed E-state index contributed by atoms with van der Waals surface area (Å²) in [4.78, 5) is 1.94. The molecule has 0 spiro atoms. The van der Waals surface area contributed by atoms with Gasteiger partial charge in [0.25, 0.3) is 0 Å². The fourth-order valence-electron chi connectivity index (χ4n) is 2.02. The van der Waals surface area contributed by atoms with E-state index in [4.69, 9.17) is 0 Å². The minimum absolute atomic E-state index is 0.233. The van der Waals surface area contributed by atoms with Gasteiger partial charge in [0.2, 0.25) is 0 Å². The molecule has 102 valence electrons. The van der Waals surface area contributed by atoms with Gasteiger partial charge in [-0.1, -0.05) is 6.92 Å². The Kier molecular flexibility index (Phi) is 4.82. The first-order valence-corrected chi connectivity index (χ1v) is 6.10. The molecule has 0 fully saturated rings. The average molecular weight is 257 g/mol. The first-order chi connectivity index (χ1) is 8.29. The Labute approximate surface area is 107 Å². The van der Waals surface area contributed by atoms with Crippen molar-refractivity contribution in [3.8, 4) is 0 Å². The Morgan fingerprint density at radius 2 is 1.72 bits per heavy atom. The molecule has 0 aliphatic rings. The largest absolute Gasteiger partial charge is 0.391 e. The predicted octanol–water partition coefficient (Wildman–Crippen LogP) is 2.60. The highest BCUT2D eigenvalue weighted by Gasteiger charge is 2.33. The maximum absolute atomic E-state index is 13.1. The van der Waals surface area contributed by atoms with Crippen molar-refractivity contribution in [2.75, 3.05) is 14.1 Å². The second-order valence-electron chi connectivity index (χ2n) is 5.10. The molecular formula is C14H21F2NO. The van der Waals surface area contributed by atoms with Crippen LogP contribution in [-0.4, -0.2) is 35.7 Å². The molecule has 18 heavy (non-hydrogen) atoms. The molecule has 2 nitrogen and oxygen atoms in total. The van der Waals surface area contributed by atoms with Crippen molar-refractivity contribution in [1.82, 2.24) is 4.90 Å². The number of rotatable bonds is 5. The van der Waals surface area contributed by atoms with E-state index in [2.05, 4.69) is 0 Å². The minimum Gasteiger partial charge on any atom is -0.391 e. The third-order valence-corrected chi connectivity index (χ3v) is 3.81. The van der Waals surface area contributed by atoms with Gasteiger partial charge in [-0.05, 0) is 45.1 Å². The third kappa shape index (κ3) is 3.27. The van der Waals surface area contributed by atoms with Gasteiger partial charge >= 0.3 is 0 Å². The van der Waals surface area contributed by atoms with Gasteiger partial charge in [-0.2, -0.15) is 0 Å². The lowest BCUT2D eigenvalue weighted by Crippen LogP contribution is -2.51. The molecule has 0 bridgehead atoms. The standard InChI is InChI=1S/C14H21F2NO/c1-5-14(2,17(3)4)13(18)8-10-6-11(15)9-12(16)7-10/h6-7,9,13,18H,5,8H2,1-4H3. The zero-order valence-corrected chi connectivity index (χ0v) is 11.4. The van der Waals surface area contributed by atoms with Crippen molar-refractivity contribution in [3.63, 3.8) is 0 Å². The molecule has 0 amide bonds. The first kappa shape index (κ1) is 15.1. The summed E-state index contributed by atoms with van der Waals surface area (Å²) < 4.78 is 26.2. The molecule has 0 saturated carbocycles. The maximum Gasteiger partial charge on any atom is 0.126 e. The monoisotopic (exact) mass is 257 g/mol. The van der Waals surface area contributed by atoms with E-state index < -0.39 is 23.3 Å². The number of likely N-dealkylation sites (N-methyl/N-ethyl adjacent to an activating group) is 1. The van der Waals surface area contributed by atoms with Crippen LogP contribution in [0.1, 0.15) is 25.8 Å². The lowest BCUT2D eigenvalue weighted by molar-refractivity contribution is 0.00295. The number of nitrogens with zero attached hydrogens (tertiary/aromatic N) is 1. The summed E-state index contributed by atoms with van der Waals surface area (Å²) in [5.74, 6) is -1.22. The SMILES string of the molecule is CCC(C)(C(O)Cc1cc(F)cc(F)c1)N(C)C. The Balaban J connectivity index is 2.89. The number of hydrogen-bond acceptors (Lipinski definition) is 2. The Morgan fingerprint density at radius 3 is 2.11 bits per heavy atom. The van der Waals surface area contributed by atoms with E-state index >= 15 is 0 Å². The molecule has 1 aromatic rings. The summed E-state index contributed by atoms with van der Waals surface area (Å²) in [7, 11) is 3.78. The molecule has 0 radical (unpaired) electrons. The molecule has 0 aliphatic carbocycles. The van der Waals surface area contributed by atoms with E-state index in [0.29, 0.717) is 5.56 Å². The molecule has 2 unspecified atom stereocenters. The van der Waals surface area contributed by atoms with Gasteiger partial charge in [0.05, 0.1) is 6.10 Å². The maximum atomic E-state index is 13.1. The molecular weight excluding hydrogens is 236 g/mol. The number of aliphatic hydroxyl groups is 1. The van der Waals surface area contributed by atoms with Gasteiger partial charge in [-0.15, -0.1) is 0 Å². The lowest BCUT2D eigenvalue weighted by atomic mass is 9.86. The van der Waals surface area contributed by atoms with Crippen LogP contribution < -0.4 is 0 Å². The minimum atomic E-state index is -0.682. The van der Waals surface area contributed by atoms with Crippen LogP contribution in [0.15, 0.2) is 18.2 Å². The van der Waals surface area contributed by atoms with Crippen molar-refractivity contribution >= 4 is 0 Å². The van der Waals surface area contributed by atoms with Gasteiger partial charge in [0.1, 0.15) is 11.6 Å². The Bertz CT molecular complexity index is 389. The highest BCUT2D eigenvalue weighted by Crippen LogP contribution is 2.24. The van der Waals surface area contributed by atoms with Crippen molar-refractivity contribution in [2.24, 2.45) is 0 Å². The number of benzene rings is 1. The van der Waals surface area contributed by atoms with Crippen LogP contribution in [-0.2, 0) is 6.42 Å². The zero-order chi connectivity index (χ0) is 13.9. The van der Waals surface area contributed by atoms with Crippen molar-refractivity contribution in [3.05, 3.63) is 35.4 Å². The Morgan fingerprint density at radius 1 is 1.22 bits per heavy atom. The predicted molar refractivity (Wildman–Crippen MR) is 68.5 cm³/mol. The molecule has 1 N–H and O–H groups in total. The summed E-state index contributed by atoms with van der Waals surface area (Å²) in [5.41, 5.74) is 0.0597. The summed E-state index contributed by atoms with van der Waals surface area (Å²) in [6.07, 6.45) is 0.301.